The fourth-order valence-corrected chi connectivity index (χ4v) is 4.19. The molecule has 2 heteroatoms. The van der Waals surface area contributed by atoms with Crippen LogP contribution in [0.15, 0.2) is 18.3 Å². The molecule has 2 bridgehead atoms. The van der Waals surface area contributed by atoms with Gasteiger partial charge in [0.1, 0.15) is 0 Å². The van der Waals surface area contributed by atoms with Gasteiger partial charge in [0.15, 0.2) is 0 Å². The molecular weight excluding hydrogens is 220 g/mol. The van der Waals surface area contributed by atoms with Gasteiger partial charge in [-0.15, -0.1) is 0 Å². The van der Waals surface area contributed by atoms with E-state index in [0.29, 0.717) is 0 Å². The third-order valence-electron chi connectivity index (χ3n) is 4.96. The molecule has 2 fully saturated rings. The van der Waals surface area contributed by atoms with Gasteiger partial charge >= 0.3 is 0 Å². The maximum atomic E-state index is 4.46. The number of aryl methyl sites for hydroxylation is 1. The smallest absolute Gasteiger partial charge is 0.0555 e. The molecule has 0 N–H and O–H groups in total. The van der Waals surface area contributed by atoms with Gasteiger partial charge in [-0.3, -0.25) is 4.98 Å². The molecule has 1 aliphatic heterocycles. The number of hydrogen-bond acceptors (Lipinski definition) is 2. The number of anilines is 1. The normalized spacial score (nSPS) is 31.1. The number of aromatic nitrogens is 1. The molecule has 98 valence electrons. The third-order valence-corrected chi connectivity index (χ3v) is 4.96. The average molecular weight is 244 g/mol. The highest BCUT2D eigenvalue weighted by Gasteiger charge is 2.44. The summed E-state index contributed by atoms with van der Waals surface area (Å²) < 4.78 is 0. The van der Waals surface area contributed by atoms with Crippen LogP contribution in [0.3, 0.4) is 0 Å². The topological polar surface area (TPSA) is 16.1 Å². The molecule has 0 aromatic carbocycles. The molecule has 0 spiro atoms. The van der Waals surface area contributed by atoms with Crippen LogP contribution in [0, 0.1) is 24.7 Å². The van der Waals surface area contributed by atoms with E-state index in [0.717, 1.165) is 29.5 Å². The number of piperidine rings is 1. The summed E-state index contributed by atoms with van der Waals surface area (Å²) >= 11 is 0. The van der Waals surface area contributed by atoms with Gasteiger partial charge in [0.25, 0.3) is 0 Å². The highest BCUT2D eigenvalue weighted by Crippen LogP contribution is 2.46. The molecule has 0 amide bonds. The number of nitrogens with zero attached hydrogens (tertiary/aromatic N) is 2. The van der Waals surface area contributed by atoms with Crippen LogP contribution in [-0.2, 0) is 0 Å². The van der Waals surface area contributed by atoms with Gasteiger partial charge in [-0.25, -0.2) is 0 Å². The Bertz CT molecular complexity index is 410. The van der Waals surface area contributed by atoms with E-state index in [-0.39, 0.29) is 0 Å². The minimum Gasteiger partial charge on any atom is -0.367 e. The molecule has 0 radical (unpaired) electrons. The fraction of sp³-hybridized carbons (Fsp3) is 0.688. The van der Waals surface area contributed by atoms with Crippen molar-refractivity contribution in [3.8, 4) is 0 Å². The lowest BCUT2D eigenvalue weighted by atomic mass is 9.79. The van der Waals surface area contributed by atoms with E-state index in [9.17, 15) is 0 Å². The number of fused-ring (bicyclic) bond motifs is 2. The molecule has 1 saturated heterocycles. The van der Waals surface area contributed by atoms with Crippen LogP contribution in [0.5, 0.6) is 0 Å². The van der Waals surface area contributed by atoms with Crippen molar-refractivity contribution < 1.29 is 0 Å². The summed E-state index contributed by atoms with van der Waals surface area (Å²) in [7, 11) is 0. The Kier molecular flexibility index (Phi) is 3.04. The molecule has 18 heavy (non-hydrogen) atoms. The first-order valence-electron chi connectivity index (χ1n) is 7.36. The molecular formula is C16H24N2. The Hall–Kier alpha value is -1.05. The number of rotatable bonds is 2. The molecule has 3 rings (SSSR count). The summed E-state index contributed by atoms with van der Waals surface area (Å²) in [5.41, 5.74) is 2.44. The zero-order chi connectivity index (χ0) is 12.7. The van der Waals surface area contributed by atoms with Gasteiger partial charge in [0.05, 0.1) is 11.9 Å². The molecule has 2 aliphatic rings. The molecule has 3 unspecified atom stereocenters. The molecule has 2 heterocycles. The van der Waals surface area contributed by atoms with E-state index in [1.165, 1.54) is 31.5 Å². The average Bonchev–Trinajstić information content (AvgIpc) is 2.66. The van der Waals surface area contributed by atoms with Crippen LogP contribution < -0.4 is 4.90 Å². The maximum Gasteiger partial charge on any atom is 0.0555 e. The maximum absolute atomic E-state index is 4.46. The first-order valence-corrected chi connectivity index (χ1v) is 7.36. The zero-order valence-electron chi connectivity index (χ0n) is 11.8. The van der Waals surface area contributed by atoms with Gasteiger partial charge < -0.3 is 4.90 Å². The minimum atomic E-state index is 0.758. The lowest BCUT2D eigenvalue weighted by Gasteiger charge is -2.43. The summed E-state index contributed by atoms with van der Waals surface area (Å²) in [5, 5.41) is 0. The first kappa shape index (κ1) is 12.0. The first-order chi connectivity index (χ1) is 8.66. The SMILES string of the molecule is Cc1ccc(N2CCC3CCC2C3C(C)C)cn1. The quantitative estimate of drug-likeness (QED) is 0.789. The van der Waals surface area contributed by atoms with Gasteiger partial charge in [-0.1, -0.05) is 13.8 Å². The lowest BCUT2D eigenvalue weighted by Crippen LogP contribution is -2.46. The van der Waals surface area contributed by atoms with E-state index in [4.69, 9.17) is 0 Å². The summed E-state index contributed by atoms with van der Waals surface area (Å²) in [6.07, 6.45) is 6.24. The van der Waals surface area contributed by atoms with Crippen molar-refractivity contribution >= 4 is 5.69 Å². The minimum absolute atomic E-state index is 0.758. The highest BCUT2D eigenvalue weighted by atomic mass is 15.2. The Balaban J connectivity index is 1.87. The van der Waals surface area contributed by atoms with Crippen LogP contribution in [0.4, 0.5) is 5.69 Å². The second kappa shape index (κ2) is 4.56. The van der Waals surface area contributed by atoms with Gasteiger partial charge in [0.2, 0.25) is 0 Å². The molecule has 3 atom stereocenters. The van der Waals surface area contributed by atoms with Crippen LogP contribution >= 0.6 is 0 Å². The van der Waals surface area contributed by atoms with E-state index in [2.05, 4.69) is 49.0 Å². The predicted octanol–water partition coefficient (Wildman–Crippen LogP) is 3.65. The van der Waals surface area contributed by atoms with Crippen LogP contribution in [0.2, 0.25) is 0 Å². The second-order valence-corrected chi connectivity index (χ2v) is 6.37. The lowest BCUT2D eigenvalue weighted by molar-refractivity contribution is 0.223. The Morgan fingerprint density at radius 2 is 2.06 bits per heavy atom. The monoisotopic (exact) mass is 244 g/mol. The van der Waals surface area contributed by atoms with Crippen molar-refractivity contribution in [2.45, 2.75) is 46.1 Å². The zero-order valence-corrected chi connectivity index (χ0v) is 11.8. The summed E-state index contributed by atoms with van der Waals surface area (Å²) in [6, 6.07) is 5.15. The van der Waals surface area contributed by atoms with Crippen LogP contribution in [0.25, 0.3) is 0 Å². The van der Waals surface area contributed by atoms with Crippen LogP contribution in [-0.4, -0.2) is 17.6 Å². The summed E-state index contributed by atoms with van der Waals surface area (Å²) in [5.74, 6) is 2.67. The van der Waals surface area contributed by atoms with E-state index < -0.39 is 0 Å². The Labute approximate surface area is 110 Å². The summed E-state index contributed by atoms with van der Waals surface area (Å²) in [4.78, 5) is 7.09. The second-order valence-electron chi connectivity index (χ2n) is 6.37. The van der Waals surface area contributed by atoms with Crippen LogP contribution in [0.1, 0.15) is 38.8 Å². The van der Waals surface area contributed by atoms with Crippen molar-refractivity contribution in [1.29, 1.82) is 0 Å². The van der Waals surface area contributed by atoms with Gasteiger partial charge in [-0.05, 0) is 56.1 Å². The largest absolute Gasteiger partial charge is 0.367 e. The molecule has 1 aromatic heterocycles. The van der Waals surface area contributed by atoms with Crippen molar-refractivity contribution in [2.24, 2.45) is 17.8 Å². The van der Waals surface area contributed by atoms with Crippen molar-refractivity contribution in [2.75, 3.05) is 11.4 Å². The van der Waals surface area contributed by atoms with Gasteiger partial charge in [0, 0.05) is 18.3 Å². The third kappa shape index (κ3) is 1.92. The number of pyridine rings is 1. The van der Waals surface area contributed by atoms with E-state index in [1.807, 2.05) is 0 Å². The molecule has 2 nitrogen and oxygen atoms in total. The Morgan fingerprint density at radius 3 is 2.72 bits per heavy atom. The molecule has 1 aromatic rings. The highest BCUT2D eigenvalue weighted by molar-refractivity contribution is 5.47. The summed E-state index contributed by atoms with van der Waals surface area (Å²) in [6.45, 7) is 8.07. The fourth-order valence-electron chi connectivity index (χ4n) is 4.19. The van der Waals surface area contributed by atoms with Crippen molar-refractivity contribution in [3.63, 3.8) is 0 Å². The van der Waals surface area contributed by atoms with E-state index in [1.54, 1.807) is 0 Å². The predicted molar refractivity (Wildman–Crippen MR) is 75.8 cm³/mol. The standard InChI is InChI=1S/C16H24N2/c1-11(2)16-13-5-7-15(16)18(9-8-13)14-6-4-12(3)17-10-14/h4,6,10-11,13,15-16H,5,7-9H2,1-3H3. The van der Waals surface area contributed by atoms with Gasteiger partial charge in [-0.2, -0.15) is 0 Å². The van der Waals surface area contributed by atoms with Crippen molar-refractivity contribution in [3.05, 3.63) is 24.0 Å². The Morgan fingerprint density at radius 1 is 1.22 bits per heavy atom. The molecule has 1 saturated carbocycles. The molecule has 1 aliphatic carbocycles. The van der Waals surface area contributed by atoms with Crippen molar-refractivity contribution in [1.82, 2.24) is 4.98 Å². The number of hydrogen-bond donors (Lipinski definition) is 0. The van der Waals surface area contributed by atoms with E-state index >= 15 is 0 Å².